The van der Waals surface area contributed by atoms with Gasteiger partial charge in [-0.3, -0.25) is 4.79 Å². The van der Waals surface area contributed by atoms with Crippen LogP contribution in [-0.4, -0.2) is 30.8 Å². The van der Waals surface area contributed by atoms with Gasteiger partial charge in [0.1, 0.15) is 0 Å². The highest BCUT2D eigenvalue weighted by atomic mass is 35.5. The lowest BCUT2D eigenvalue weighted by Crippen LogP contribution is -2.43. The van der Waals surface area contributed by atoms with Crippen LogP contribution in [0.1, 0.15) is 18.4 Å². The van der Waals surface area contributed by atoms with Crippen molar-refractivity contribution >= 4 is 53.3 Å². The Bertz CT molecular complexity index is 468. The Hall–Kier alpha value is -0.130. The van der Waals surface area contributed by atoms with Gasteiger partial charge in [-0.15, -0.1) is 24.2 Å². The van der Waals surface area contributed by atoms with Crippen molar-refractivity contribution in [3.63, 3.8) is 0 Å². The standard InChI is InChI=1S/C14H18Cl2N2OS.ClH/c15-11-2-1-10(13(16)7-11)8-20-9-14(19)18-12-3-5-17-6-4-12;/h1-2,7,12,17H,3-6,8-9H2,(H,18,19);1H. The molecule has 1 saturated heterocycles. The molecule has 1 fully saturated rings. The third kappa shape index (κ3) is 6.66. The normalized spacial score (nSPS) is 15.3. The van der Waals surface area contributed by atoms with Crippen LogP contribution in [0.5, 0.6) is 0 Å². The molecule has 0 radical (unpaired) electrons. The summed E-state index contributed by atoms with van der Waals surface area (Å²) in [7, 11) is 0. The lowest BCUT2D eigenvalue weighted by molar-refractivity contribution is -0.119. The highest BCUT2D eigenvalue weighted by Gasteiger charge is 2.15. The number of halogens is 3. The van der Waals surface area contributed by atoms with Crippen LogP contribution in [0.3, 0.4) is 0 Å². The number of carbonyl (C=O) groups is 1. The number of amides is 1. The maximum atomic E-state index is 11.8. The van der Waals surface area contributed by atoms with Crippen LogP contribution in [0.15, 0.2) is 18.2 Å². The van der Waals surface area contributed by atoms with E-state index in [0.717, 1.165) is 37.2 Å². The Morgan fingerprint density at radius 1 is 1.33 bits per heavy atom. The van der Waals surface area contributed by atoms with E-state index >= 15 is 0 Å². The van der Waals surface area contributed by atoms with Crippen molar-refractivity contribution in [1.29, 1.82) is 0 Å². The van der Waals surface area contributed by atoms with Crippen molar-refractivity contribution in [2.45, 2.75) is 24.6 Å². The van der Waals surface area contributed by atoms with E-state index < -0.39 is 0 Å². The number of rotatable bonds is 5. The van der Waals surface area contributed by atoms with Gasteiger partial charge in [0.25, 0.3) is 0 Å². The van der Waals surface area contributed by atoms with E-state index in [9.17, 15) is 4.79 Å². The molecule has 1 aromatic carbocycles. The number of benzene rings is 1. The Labute approximate surface area is 145 Å². The molecular formula is C14H19Cl3N2OS. The minimum Gasteiger partial charge on any atom is -0.353 e. The Morgan fingerprint density at radius 2 is 2.05 bits per heavy atom. The third-order valence-electron chi connectivity index (χ3n) is 3.21. The van der Waals surface area contributed by atoms with Crippen LogP contribution in [0.4, 0.5) is 0 Å². The van der Waals surface area contributed by atoms with Crippen molar-refractivity contribution in [2.24, 2.45) is 0 Å². The van der Waals surface area contributed by atoms with Gasteiger partial charge in [0.05, 0.1) is 5.75 Å². The number of hydrogen-bond acceptors (Lipinski definition) is 3. The summed E-state index contributed by atoms with van der Waals surface area (Å²) < 4.78 is 0. The average molecular weight is 370 g/mol. The molecule has 21 heavy (non-hydrogen) atoms. The maximum absolute atomic E-state index is 11.8. The summed E-state index contributed by atoms with van der Waals surface area (Å²) in [5.41, 5.74) is 1.01. The van der Waals surface area contributed by atoms with Crippen LogP contribution in [0.2, 0.25) is 10.0 Å². The lowest BCUT2D eigenvalue weighted by Gasteiger charge is -2.23. The van der Waals surface area contributed by atoms with Gasteiger partial charge in [-0.25, -0.2) is 0 Å². The summed E-state index contributed by atoms with van der Waals surface area (Å²) in [6, 6.07) is 5.78. The van der Waals surface area contributed by atoms with Crippen LogP contribution < -0.4 is 10.6 Å². The smallest absolute Gasteiger partial charge is 0.230 e. The Balaban J connectivity index is 0.00000220. The van der Waals surface area contributed by atoms with Crippen LogP contribution in [0, 0.1) is 0 Å². The zero-order valence-electron chi connectivity index (χ0n) is 11.5. The molecule has 118 valence electrons. The van der Waals surface area contributed by atoms with E-state index in [0.29, 0.717) is 21.8 Å². The summed E-state index contributed by atoms with van der Waals surface area (Å²) in [4.78, 5) is 11.8. The van der Waals surface area contributed by atoms with Gasteiger partial charge in [-0.1, -0.05) is 29.3 Å². The first-order valence-electron chi connectivity index (χ1n) is 6.67. The van der Waals surface area contributed by atoms with E-state index in [-0.39, 0.29) is 18.3 Å². The second kappa shape index (κ2) is 9.80. The molecule has 1 aromatic rings. The number of hydrogen-bond donors (Lipinski definition) is 2. The highest BCUT2D eigenvalue weighted by molar-refractivity contribution is 7.99. The SMILES string of the molecule is Cl.O=C(CSCc1ccc(Cl)cc1Cl)NC1CCNCC1. The predicted octanol–water partition coefficient (Wildman–Crippen LogP) is 3.52. The fourth-order valence-corrected chi connectivity index (χ4v) is 3.52. The van der Waals surface area contributed by atoms with Gasteiger partial charge in [-0.05, 0) is 43.6 Å². The van der Waals surface area contributed by atoms with Gasteiger partial charge in [0, 0.05) is 21.8 Å². The summed E-state index contributed by atoms with van der Waals surface area (Å²) in [5, 5.41) is 7.64. The molecule has 1 heterocycles. The topological polar surface area (TPSA) is 41.1 Å². The molecule has 0 saturated carbocycles. The molecule has 3 nitrogen and oxygen atoms in total. The summed E-state index contributed by atoms with van der Waals surface area (Å²) in [6.07, 6.45) is 2.03. The average Bonchev–Trinajstić information content (AvgIpc) is 2.42. The molecule has 0 aliphatic carbocycles. The van der Waals surface area contributed by atoms with E-state index in [1.165, 1.54) is 0 Å². The predicted molar refractivity (Wildman–Crippen MR) is 93.9 cm³/mol. The zero-order chi connectivity index (χ0) is 14.4. The Kier molecular flexibility index (Phi) is 8.83. The molecule has 2 N–H and O–H groups in total. The van der Waals surface area contributed by atoms with Crippen molar-refractivity contribution in [3.8, 4) is 0 Å². The fourth-order valence-electron chi connectivity index (χ4n) is 2.13. The molecule has 1 aliphatic rings. The largest absolute Gasteiger partial charge is 0.353 e. The molecule has 0 aromatic heterocycles. The van der Waals surface area contributed by atoms with E-state index in [2.05, 4.69) is 10.6 Å². The Morgan fingerprint density at radius 3 is 2.71 bits per heavy atom. The van der Waals surface area contributed by atoms with Crippen molar-refractivity contribution in [3.05, 3.63) is 33.8 Å². The molecule has 7 heteroatoms. The van der Waals surface area contributed by atoms with Gasteiger partial charge in [0.2, 0.25) is 5.91 Å². The maximum Gasteiger partial charge on any atom is 0.230 e. The number of carbonyl (C=O) groups excluding carboxylic acids is 1. The summed E-state index contributed by atoms with van der Waals surface area (Å²) in [6.45, 7) is 1.97. The zero-order valence-corrected chi connectivity index (χ0v) is 14.7. The molecule has 0 spiro atoms. The second-order valence-corrected chi connectivity index (χ2v) is 6.65. The third-order valence-corrected chi connectivity index (χ3v) is 4.78. The van der Waals surface area contributed by atoms with Gasteiger partial charge < -0.3 is 10.6 Å². The van der Waals surface area contributed by atoms with Crippen molar-refractivity contribution in [1.82, 2.24) is 10.6 Å². The van der Waals surface area contributed by atoms with Gasteiger partial charge in [0.15, 0.2) is 0 Å². The molecular weight excluding hydrogens is 351 g/mol. The first-order valence-corrected chi connectivity index (χ1v) is 8.58. The summed E-state index contributed by atoms with van der Waals surface area (Å²) >= 11 is 13.5. The lowest BCUT2D eigenvalue weighted by atomic mass is 10.1. The van der Waals surface area contributed by atoms with Crippen LogP contribution in [0.25, 0.3) is 0 Å². The number of piperidine rings is 1. The van der Waals surface area contributed by atoms with Gasteiger partial charge in [-0.2, -0.15) is 0 Å². The van der Waals surface area contributed by atoms with Crippen molar-refractivity contribution < 1.29 is 4.79 Å². The minimum atomic E-state index is 0. The van der Waals surface area contributed by atoms with Crippen LogP contribution in [-0.2, 0) is 10.5 Å². The molecule has 0 bridgehead atoms. The number of thioether (sulfide) groups is 1. The van der Waals surface area contributed by atoms with E-state index in [1.807, 2.05) is 12.1 Å². The minimum absolute atomic E-state index is 0. The van der Waals surface area contributed by atoms with Crippen LogP contribution >= 0.6 is 47.4 Å². The van der Waals surface area contributed by atoms with E-state index in [1.54, 1.807) is 17.8 Å². The quantitative estimate of drug-likeness (QED) is 0.834. The number of nitrogens with one attached hydrogen (secondary N) is 2. The first-order chi connectivity index (χ1) is 9.65. The monoisotopic (exact) mass is 368 g/mol. The molecule has 2 rings (SSSR count). The molecule has 1 amide bonds. The highest BCUT2D eigenvalue weighted by Crippen LogP contribution is 2.24. The summed E-state index contributed by atoms with van der Waals surface area (Å²) in [5.74, 6) is 1.28. The first kappa shape index (κ1) is 18.9. The molecule has 1 aliphatic heterocycles. The van der Waals surface area contributed by atoms with Gasteiger partial charge >= 0.3 is 0 Å². The molecule has 0 atom stereocenters. The van der Waals surface area contributed by atoms with Crippen molar-refractivity contribution in [2.75, 3.05) is 18.8 Å². The second-order valence-electron chi connectivity index (χ2n) is 4.82. The van der Waals surface area contributed by atoms with E-state index in [4.69, 9.17) is 23.2 Å². The fraction of sp³-hybridized carbons (Fsp3) is 0.500. The molecule has 0 unspecified atom stereocenters.